The van der Waals surface area contributed by atoms with Gasteiger partial charge in [0.25, 0.3) is 0 Å². The maximum atomic E-state index is 12.1. The molecule has 0 aliphatic carbocycles. The summed E-state index contributed by atoms with van der Waals surface area (Å²) in [4.78, 5) is 25.2. The lowest BCUT2D eigenvalue weighted by molar-refractivity contribution is -0.129. The zero-order valence-electron chi connectivity index (χ0n) is 12.7. The second-order valence-corrected chi connectivity index (χ2v) is 6.64. The van der Waals surface area contributed by atoms with E-state index in [0.29, 0.717) is 19.6 Å². The quantitative estimate of drug-likeness (QED) is 0.839. The average Bonchev–Trinajstić information content (AvgIpc) is 2.79. The molecular weight excluding hydrogens is 286 g/mol. The van der Waals surface area contributed by atoms with Gasteiger partial charge in [-0.15, -0.1) is 0 Å². The summed E-state index contributed by atoms with van der Waals surface area (Å²) >= 11 is 1.27. The SMILES string of the molecule is CCOc1ccc(C(C)N2CC(SC(C)=O)CC2=O)cc1. The van der Waals surface area contributed by atoms with Gasteiger partial charge in [0.15, 0.2) is 5.12 Å². The molecule has 2 atom stereocenters. The van der Waals surface area contributed by atoms with Crippen LogP contribution < -0.4 is 4.74 Å². The van der Waals surface area contributed by atoms with Gasteiger partial charge in [-0.2, -0.15) is 0 Å². The highest BCUT2D eigenvalue weighted by atomic mass is 32.2. The molecule has 1 aromatic carbocycles. The maximum absolute atomic E-state index is 12.1. The minimum absolute atomic E-state index is 0.0192. The molecule has 0 aromatic heterocycles. The fraction of sp³-hybridized carbons (Fsp3) is 0.500. The Morgan fingerprint density at radius 1 is 1.43 bits per heavy atom. The second kappa shape index (κ2) is 6.98. The molecule has 0 bridgehead atoms. The van der Waals surface area contributed by atoms with Gasteiger partial charge in [-0.05, 0) is 31.5 Å². The first-order valence-electron chi connectivity index (χ1n) is 7.20. The predicted octanol–water partition coefficient (Wildman–Crippen LogP) is 3.03. The molecule has 1 amide bonds. The third-order valence-electron chi connectivity index (χ3n) is 3.60. The largest absolute Gasteiger partial charge is 0.494 e. The van der Waals surface area contributed by atoms with Crippen molar-refractivity contribution in [1.29, 1.82) is 0 Å². The van der Waals surface area contributed by atoms with Crippen molar-refractivity contribution in [3.63, 3.8) is 0 Å². The number of nitrogens with zero attached hydrogens (tertiary/aromatic N) is 1. The van der Waals surface area contributed by atoms with Gasteiger partial charge in [-0.1, -0.05) is 23.9 Å². The van der Waals surface area contributed by atoms with E-state index in [0.717, 1.165) is 11.3 Å². The number of benzene rings is 1. The molecule has 2 rings (SSSR count). The van der Waals surface area contributed by atoms with Gasteiger partial charge in [0.2, 0.25) is 5.91 Å². The Morgan fingerprint density at radius 2 is 2.10 bits per heavy atom. The lowest BCUT2D eigenvalue weighted by Crippen LogP contribution is -2.28. The summed E-state index contributed by atoms with van der Waals surface area (Å²) in [6, 6.07) is 7.86. The second-order valence-electron chi connectivity index (χ2n) is 5.16. The number of amides is 1. The van der Waals surface area contributed by atoms with E-state index in [-0.39, 0.29) is 22.3 Å². The summed E-state index contributed by atoms with van der Waals surface area (Å²) in [6.45, 7) is 6.80. The zero-order valence-corrected chi connectivity index (χ0v) is 13.5. The van der Waals surface area contributed by atoms with Crippen molar-refractivity contribution in [3.05, 3.63) is 29.8 Å². The molecule has 0 radical (unpaired) electrons. The number of carbonyl (C=O) groups excluding carboxylic acids is 2. The Morgan fingerprint density at radius 3 is 2.67 bits per heavy atom. The van der Waals surface area contributed by atoms with E-state index in [9.17, 15) is 9.59 Å². The first-order chi connectivity index (χ1) is 10.0. The van der Waals surface area contributed by atoms with Crippen LogP contribution in [0.25, 0.3) is 0 Å². The molecule has 1 aromatic rings. The van der Waals surface area contributed by atoms with Gasteiger partial charge < -0.3 is 9.64 Å². The van der Waals surface area contributed by atoms with E-state index in [4.69, 9.17) is 4.74 Å². The summed E-state index contributed by atoms with van der Waals surface area (Å²) < 4.78 is 5.43. The zero-order chi connectivity index (χ0) is 15.4. The Kier molecular flexibility index (Phi) is 5.28. The Hall–Kier alpha value is -1.49. The van der Waals surface area contributed by atoms with Crippen molar-refractivity contribution in [2.24, 2.45) is 0 Å². The lowest BCUT2D eigenvalue weighted by atomic mass is 10.1. The third kappa shape index (κ3) is 4.00. The van der Waals surface area contributed by atoms with Crippen molar-refractivity contribution >= 4 is 22.8 Å². The van der Waals surface area contributed by atoms with Crippen LogP contribution in [0.2, 0.25) is 0 Å². The molecule has 114 valence electrons. The highest BCUT2D eigenvalue weighted by Crippen LogP contribution is 2.31. The number of rotatable bonds is 5. The van der Waals surface area contributed by atoms with Crippen LogP contribution in [0.3, 0.4) is 0 Å². The Bertz CT molecular complexity index is 515. The molecule has 1 fully saturated rings. The lowest BCUT2D eigenvalue weighted by Gasteiger charge is -2.25. The molecule has 0 saturated carbocycles. The van der Waals surface area contributed by atoms with Crippen molar-refractivity contribution in [2.75, 3.05) is 13.2 Å². The van der Waals surface area contributed by atoms with E-state index < -0.39 is 0 Å². The van der Waals surface area contributed by atoms with Gasteiger partial charge in [0.1, 0.15) is 5.75 Å². The van der Waals surface area contributed by atoms with Crippen LogP contribution in [0.5, 0.6) is 5.75 Å². The van der Waals surface area contributed by atoms with E-state index in [2.05, 4.69) is 0 Å². The molecular formula is C16H21NO3S. The normalized spacial score (nSPS) is 19.7. The number of thioether (sulfide) groups is 1. The fourth-order valence-corrected chi connectivity index (χ4v) is 3.51. The standard InChI is InChI=1S/C16H21NO3S/c1-4-20-14-7-5-13(6-8-14)11(2)17-10-15(9-16(17)19)21-12(3)18/h5-8,11,15H,4,9-10H2,1-3H3. The summed E-state index contributed by atoms with van der Waals surface area (Å²) in [6.07, 6.45) is 0.450. The molecule has 2 unspecified atom stereocenters. The fourth-order valence-electron chi connectivity index (χ4n) is 2.57. The van der Waals surface area contributed by atoms with Crippen molar-refractivity contribution < 1.29 is 14.3 Å². The summed E-state index contributed by atoms with van der Waals surface area (Å²) in [5.74, 6) is 0.960. The molecule has 0 spiro atoms. The van der Waals surface area contributed by atoms with Crippen LogP contribution in [-0.4, -0.2) is 34.3 Å². The molecule has 1 aliphatic heterocycles. The number of ether oxygens (including phenoxy) is 1. The van der Waals surface area contributed by atoms with Gasteiger partial charge in [-0.25, -0.2) is 0 Å². The van der Waals surface area contributed by atoms with Crippen LogP contribution in [0.15, 0.2) is 24.3 Å². The van der Waals surface area contributed by atoms with Gasteiger partial charge in [0, 0.05) is 25.1 Å². The Labute approximate surface area is 129 Å². The molecule has 0 N–H and O–H groups in total. The van der Waals surface area contributed by atoms with Crippen LogP contribution in [0, 0.1) is 0 Å². The minimum atomic E-state index is 0.0192. The molecule has 21 heavy (non-hydrogen) atoms. The highest BCUT2D eigenvalue weighted by molar-refractivity contribution is 8.14. The van der Waals surface area contributed by atoms with Gasteiger partial charge in [0.05, 0.1) is 12.6 Å². The first-order valence-corrected chi connectivity index (χ1v) is 8.08. The summed E-state index contributed by atoms with van der Waals surface area (Å²) in [7, 11) is 0. The van der Waals surface area contributed by atoms with E-state index in [1.165, 1.54) is 11.8 Å². The van der Waals surface area contributed by atoms with E-state index in [1.807, 2.05) is 43.0 Å². The molecule has 1 aliphatic rings. The first kappa shape index (κ1) is 15.9. The van der Waals surface area contributed by atoms with E-state index in [1.54, 1.807) is 6.92 Å². The number of likely N-dealkylation sites (tertiary alicyclic amines) is 1. The minimum Gasteiger partial charge on any atom is -0.494 e. The monoisotopic (exact) mass is 307 g/mol. The van der Waals surface area contributed by atoms with Crippen molar-refractivity contribution in [2.45, 2.75) is 38.5 Å². The molecule has 1 saturated heterocycles. The predicted molar refractivity (Wildman–Crippen MR) is 84.4 cm³/mol. The van der Waals surface area contributed by atoms with Gasteiger partial charge >= 0.3 is 0 Å². The summed E-state index contributed by atoms with van der Waals surface area (Å²) in [5.41, 5.74) is 1.08. The van der Waals surface area contributed by atoms with Crippen molar-refractivity contribution in [3.8, 4) is 5.75 Å². The number of hydrogen-bond donors (Lipinski definition) is 0. The third-order valence-corrected chi connectivity index (χ3v) is 4.58. The topological polar surface area (TPSA) is 46.6 Å². The maximum Gasteiger partial charge on any atom is 0.224 e. The Balaban J connectivity index is 2.03. The molecule has 1 heterocycles. The summed E-state index contributed by atoms with van der Waals surface area (Å²) in [5, 5.41) is 0.156. The number of hydrogen-bond acceptors (Lipinski definition) is 4. The molecule has 4 nitrogen and oxygen atoms in total. The molecule has 5 heteroatoms. The van der Waals surface area contributed by atoms with Crippen LogP contribution in [-0.2, 0) is 9.59 Å². The van der Waals surface area contributed by atoms with Crippen LogP contribution in [0.4, 0.5) is 0 Å². The van der Waals surface area contributed by atoms with Gasteiger partial charge in [-0.3, -0.25) is 9.59 Å². The highest BCUT2D eigenvalue weighted by Gasteiger charge is 2.34. The average molecular weight is 307 g/mol. The smallest absolute Gasteiger partial charge is 0.224 e. The van der Waals surface area contributed by atoms with Crippen molar-refractivity contribution in [1.82, 2.24) is 4.90 Å². The van der Waals surface area contributed by atoms with Crippen LogP contribution in [0.1, 0.15) is 38.8 Å². The number of carbonyl (C=O) groups is 2. The van der Waals surface area contributed by atoms with Crippen LogP contribution >= 0.6 is 11.8 Å². The van der Waals surface area contributed by atoms with E-state index >= 15 is 0 Å².